The van der Waals surface area contributed by atoms with Crippen molar-refractivity contribution in [3.63, 3.8) is 0 Å². The summed E-state index contributed by atoms with van der Waals surface area (Å²) in [5.74, 6) is 9.71. The highest BCUT2D eigenvalue weighted by Crippen LogP contribution is 2.36. The summed E-state index contributed by atoms with van der Waals surface area (Å²) in [5.41, 5.74) is 0. The third-order valence-corrected chi connectivity index (χ3v) is 2.43. The number of carbonyl (C=O) groups excluding carboxylic acids is 1. The molecule has 0 radical (unpaired) electrons. The molecule has 2 aliphatic heterocycles. The van der Waals surface area contributed by atoms with Crippen LogP contribution >= 0.6 is 0 Å². The van der Waals surface area contributed by atoms with Crippen molar-refractivity contribution < 1.29 is 19.0 Å². The van der Waals surface area contributed by atoms with Crippen molar-refractivity contribution in [3.8, 4) is 23.7 Å². The van der Waals surface area contributed by atoms with Crippen LogP contribution in [0.2, 0.25) is 0 Å². The van der Waals surface area contributed by atoms with E-state index in [4.69, 9.17) is 14.2 Å². The summed E-state index contributed by atoms with van der Waals surface area (Å²) in [6.07, 6.45) is 7.48. The molecule has 0 saturated heterocycles. The number of hydrogen-bond donors (Lipinski definition) is 0. The maximum Gasteiger partial charge on any atom is 0.312 e. The fourth-order valence-corrected chi connectivity index (χ4v) is 1.67. The van der Waals surface area contributed by atoms with Gasteiger partial charge in [-0.2, -0.15) is 0 Å². The summed E-state index contributed by atoms with van der Waals surface area (Å²) in [4.78, 5) is 11.0. The fraction of sp³-hybridized carbons (Fsp3) is 0.267. The van der Waals surface area contributed by atoms with Gasteiger partial charge in [0.2, 0.25) is 6.10 Å². The predicted octanol–water partition coefficient (Wildman–Crippen LogP) is 1.66. The zero-order valence-electron chi connectivity index (χ0n) is 10.6. The van der Waals surface area contributed by atoms with Gasteiger partial charge in [0.1, 0.15) is 5.76 Å². The molecule has 4 heteroatoms. The second-order valence-corrected chi connectivity index (χ2v) is 3.82. The van der Waals surface area contributed by atoms with Gasteiger partial charge in [0.25, 0.3) is 0 Å². The maximum absolute atomic E-state index is 11.0. The summed E-state index contributed by atoms with van der Waals surface area (Å²) in [7, 11) is 0. The van der Waals surface area contributed by atoms with Gasteiger partial charge in [0.05, 0.1) is 6.26 Å². The Morgan fingerprint density at radius 1 is 1.53 bits per heavy atom. The Kier molecular flexibility index (Phi) is 3.63. The van der Waals surface area contributed by atoms with Gasteiger partial charge in [0.15, 0.2) is 0 Å². The van der Waals surface area contributed by atoms with E-state index in [0.717, 1.165) is 0 Å². The molecule has 0 aliphatic carbocycles. The Labute approximate surface area is 111 Å². The number of hydrogen-bond acceptors (Lipinski definition) is 4. The van der Waals surface area contributed by atoms with Crippen LogP contribution in [0.25, 0.3) is 0 Å². The Bertz CT molecular complexity index is 589. The monoisotopic (exact) mass is 256 g/mol. The van der Waals surface area contributed by atoms with Gasteiger partial charge in [-0.05, 0) is 30.9 Å². The third kappa shape index (κ3) is 2.81. The van der Waals surface area contributed by atoms with Crippen LogP contribution in [0, 0.1) is 23.7 Å². The van der Waals surface area contributed by atoms with Crippen LogP contribution < -0.4 is 0 Å². The van der Waals surface area contributed by atoms with Gasteiger partial charge >= 0.3 is 11.8 Å². The summed E-state index contributed by atoms with van der Waals surface area (Å²) in [5, 5.41) is 0. The first-order valence-corrected chi connectivity index (χ1v) is 5.69. The molecule has 0 aromatic carbocycles. The van der Waals surface area contributed by atoms with E-state index in [2.05, 4.69) is 23.7 Å². The minimum atomic E-state index is -1.10. The van der Waals surface area contributed by atoms with Gasteiger partial charge in [-0.1, -0.05) is 11.8 Å². The molecule has 2 rings (SSSR count). The third-order valence-electron chi connectivity index (χ3n) is 2.43. The summed E-state index contributed by atoms with van der Waals surface area (Å²) >= 11 is 0. The first-order valence-electron chi connectivity index (χ1n) is 5.69. The van der Waals surface area contributed by atoms with Crippen LogP contribution in [-0.2, 0) is 19.0 Å². The SMILES string of the molecule is CC#CC#C/C=C1/C=C[C@@]2(OC=C[C@@H]2OC(C)=O)O1. The molecule has 2 aliphatic rings. The van der Waals surface area contributed by atoms with E-state index in [-0.39, 0.29) is 0 Å². The number of carbonyl (C=O) groups is 1. The average Bonchev–Trinajstić information content (AvgIpc) is 2.94. The fourth-order valence-electron chi connectivity index (χ4n) is 1.67. The summed E-state index contributed by atoms with van der Waals surface area (Å²) < 4.78 is 16.2. The largest absolute Gasteiger partial charge is 0.453 e. The highest BCUT2D eigenvalue weighted by molar-refractivity contribution is 5.66. The number of allylic oxidation sites excluding steroid dienone is 2. The van der Waals surface area contributed by atoms with Crippen molar-refractivity contribution in [1.29, 1.82) is 0 Å². The van der Waals surface area contributed by atoms with Gasteiger partial charge in [-0.3, -0.25) is 4.79 Å². The molecule has 0 unspecified atom stereocenters. The molecule has 4 nitrogen and oxygen atoms in total. The highest BCUT2D eigenvalue weighted by atomic mass is 16.7. The van der Waals surface area contributed by atoms with Crippen LogP contribution in [0.4, 0.5) is 0 Å². The quantitative estimate of drug-likeness (QED) is 0.528. The maximum atomic E-state index is 11.0. The molecule has 2 heterocycles. The van der Waals surface area contributed by atoms with Crippen molar-refractivity contribution in [1.82, 2.24) is 0 Å². The topological polar surface area (TPSA) is 44.8 Å². The van der Waals surface area contributed by atoms with E-state index in [0.29, 0.717) is 5.76 Å². The second kappa shape index (κ2) is 5.37. The smallest absolute Gasteiger partial charge is 0.312 e. The molecule has 0 aromatic heterocycles. The summed E-state index contributed by atoms with van der Waals surface area (Å²) in [6.45, 7) is 3.05. The molecular formula is C15H12O4. The van der Waals surface area contributed by atoms with Crippen LogP contribution in [0.1, 0.15) is 13.8 Å². The standard InChI is InChI=1S/C15H12O4/c1-3-4-5-6-7-13-8-10-15(19-13)14(9-11-17-15)18-12(2)16/h7-11,14H,1-2H3/b13-7-/t14-,15+/m0/s1. The van der Waals surface area contributed by atoms with Crippen LogP contribution in [0.15, 0.2) is 36.3 Å². The lowest BCUT2D eigenvalue weighted by Crippen LogP contribution is -2.40. The second-order valence-electron chi connectivity index (χ2n) is 3.82. The molecule has 1 spiro atoms. The molecule has 0 N–H and O–H groups in total. The van der Waals surface area contributed by atoms with Crippen molar-refractivity contribution in [2.75, 3.05) is 0 Å². The Morgan fingerprint density at radius 3 is 3.11 bits per heavy atom. The Morgan fingerprint density at radius 2 is 2.37 bits per heavy atom. The highest BCUT2D eigenvalue weighted by Gasteiger charge is 2.48. The van der Waals surface area contributed by atoms with E-state index in [1.807, 2.05) is 0 Å². The van der Waals surface area contributed by atoms with E-state index < -0.39 is 17.9 Å². The molecule has 0 bridgehead atoms. The van der Waals surface area contributed by atoms with Crippen molar-refractivity contribution in [3.05, 3.63) is 36.3 Å². The first-order chi connectivity index (χ1) is 9.16. The van der Waals surface area contributed by atoms with E-state index in [1.165, 1.54) is 13.2 Å². The van der Waals surface area contributed by atoms with Crippen LogP contribution in [0.3, 0.4) is 0 Å². The lowest BCUT2D eigenvalue weighted by molar-refractivity contribution is -0.189. The zero-order chi connectivity index (χ0) is 13.7. The Balaban J connectivity index is 2.09. The zero-order valence-corrected chi connectivity index (χ0v) is 10.6. The molecule has 0 amide bonds. The van der Waals surface area contributed by atoms with Gasteiger partial charge in [-0.25, -0.2) is 0 Å². The molecule has 0 aromatic rings. The van der Waals surface area contributed by atoms with Gasteiger partial charge in [-0.15, -0.1) is 0 Å². The molecule has 2 atom stereocenters. The van der Waals surface area contributed by atoms with Crippen molar-refractivity contribution >= 4 is 5.97 Å². The number of rotatable bonds is 1. The Hall–Kier alpha value is -2.59. The minimum Gasteiger partial charge on any atom is -0.453 e. The lowest BCUT2D eigenvalue weighted by Gasteiger charge is -2.27. The normalized spacial score (nSPS) is 28.1. The summed E-state index contributed by atoms with van der Waals surface area (Å²) in [6, 6.07) is 0. The van der Waals surface area contributed by atoms with Crippen LogP contribution in [0.5, 0.6) is 0 Å². The van der Waals surface area contributed by atoms with E-state index in [9.17, 15) is 4.79 Å². The molecule has 96 valence electrons. The number of esters is 1. The molecular weight excluding hydrogens is 244 g/mol. The van der Waals surface area contributed by atoms with Crippen molar-refractivity contribution in [2.45, 2.75) is 25.7 Å². The van der Waals surface area contributed by atoms with Crippen molar-refractivity contribution in [2.24, 2.45) is 0 Å². The average molecular weight is 256 g/mol. The first kappa shape index (κ1) is 12.9. The predicted molar refractivity (Wildman–Crippen MR) is 68.0 cm³/mol. The lowest BCUT2D eigenvalue weighted by atomic mass is 10.1. The van der Waals surface area contributed by atoms with Gasteiger partial charge in [0, 0.05) is 19.1 Å². The molecule has 19 heavy (non-hydrogen) atoms. The van der Waals surface area contributed by atoms with E-state index >= 15 is 0 Å². The molecule has 0 saturated carbocycles. The van der Waals surface area contributed by atoms with Crippen LogP contribution in [-0.4, -0.2) is 17.9 Å². The van der Waals surface area contributed by atoms with Gasteiger partial charge < -0.3 is 14.2 Å². The van der Waals surface area contributed by atoms with E-state index in [1.54, 1.807) is 31.2 Å². The number of ether oxygens (including phenoxy) is 3. The molecule has 0 fully saturated rings. The minimum absolute atomic E-state index is 0.396.